The smallest absolute Gasteiger partial charge is 0.132 e. The van der Waals surface area contributed by atoms with Crippen LogP contribution in [-0.4, -0.2) is 22.0 Å². The lowest BCUT2D eigenvalue weighted by molar-refractivity contribution is 0.854. The third-order valence-electron chi connectivity index (χ3n) is 3.27. The largest absolute Gasteiger partial charge is 0.353 e. The van der Waals surface area contributed by atoms with Gasteiger partial charge in [0.15, 0.2) is 0 Å². The topological polar surface area (TPSA) is 41.9 Å². The van der Waals surface area contributed by atoms with Crippen LogP contribution in [0.2, 0.25) is 0 Å². The van der Waals surface area contributed by atoms with Crippen molar-refractivity contribution < 1.29 is 0 Å². The van der Waals surface area contributed by atoms with Gasteiger partial charge in [-0.1, -0.05) is 18.2 Å². The summed E-state index contributed by atoms with van der Waals surface area (Å²) in [5, 5.41) is 1.17. The van der Waals surface area contributed by atoms with Crippen molar-refractivity contribution in [1.82, 2.24) is 15.0 Å². The van der Waals surface area contributed by atoms with Crippen molar-refractivity contribution in [3.8, 4) is 0 Å². The lowest BCUT2D eigenvalue weighted by Gasteiger charge is -2.20. The first-order valence-corrected chi connectivity index (χ1v) is 6.56. The number of fused-ring (bicyclic) bond motifs is 1. The normalized spacial score (nSPS) is 10.7. The number of benzene rings is 1. The summed E-state index contributed by atoms with van der Waals surface area (Å²) in [4.78, 5) is 15.3. The van der Waals surface area contributed by atoms with Crippen LogP contribution in [0.15, 0.2) is 48.9 Å². The van der Waals surface area contributed by atoms with Crippen molar-refractivity contribution in [1.29, 1.82) is 0 Å². The Morgan fingerprint density at radius 3 is 2.80 bits per heavy atom. The molecule has 0 aliphatic carbocycles. The van der Waals surface area contributed by atoms with Gasteiger partial charge >= 0.3 is 0 Å². The molecule has 3 rings (SSSR count). The monoisotopic (exact) mass is 264 g/mol. The van der Waals surface area contributed by atoms with Gasteiger partial charge in [0.25, 0.3) is 0 Å². The van der Waals surface area contributed by atoms with E-state index >= 15 is 0 Å². The molecule has 0 aliphatic heterocycles. The molecule has 0 saturated heterocycles. The van der Waals surface area contributed by atoms with Crippen molar-refractivity contribution in [2.45, 2.75) is 13.5 Å². The lowest BCUT2D eigenvalue weighted by Crippen LogP contribution is -2.19. The van der Waals surface area contributed by atoms with Gasteiger partial charge in [0.2, 0.25) is 0 Å². The summed E-state index contributed by atoms with van der Waals surface area (Å²) in [7, 11) is 2.03. The van der Waals surface area contributed by atoms with E-state index in [0.717, 1.165) is 22.6 Å². The summed E-state index contributed by atoms with van der Waals surface area (Å²) in [6.45, 7) is 2.78. The number of pyridine rings is 1. The molecular weight excluding hydrogens is 248 g/mol. The Balaban J connectivity index is 1.95. The van der Waals surface area contributed by atoms with Gasteiger partial charge in [-0.05, 0) is 24.6 Å². The van der Waals surface area contributed by atoms with Gasteiger partial charge in [-0.25, -0.2) is 4.98 Å². The maximum Gasteiger partial charge on any atom is 0.132 e. The Morgan fingerprint density at radius 1 is 1.15 bits per heavy atom. The molecule has 2 aromatic heterocycles. The number of para-hydroxylation sites is 1. The van der Waals surface area contributed by atoms with E-state index in [1.165, 1.54) is 5.39 Å². The van der Waals surface area contributed by atoms with Crippen molar-refractivity contribution in [2.75, 3.05) is 11.9 Å². The van der Waals surface area contributed by atoms with Crippen LogP contribution in [0.5, 0.6) is 0 Å². The Hall–Kier alpha value is -2.49. The molecule has 0 aliphatic rings. The third kappa shape index (κ3) is 2.45. The first kappa shape index (κ1) is 12.5. The summed E-state index contributed by atoms with van der Waals surface area (Å²) < 4.78 is 0. The first-order chi connectivity index (χ1) is 9.74. The summed E-state index contributed by atoms with van der Waals surface area (Å²) in [6, 6.07) is 10.3. The number of anilines is 1. The predicted octanol–water partition coefficient (Wildman–Crippen LogP) is 2.97. The van der Waals surface area contributed by atoms with Gasteiger partial charge in [-0.3, -0.25) is 9.97 Å². The van der Waals surface area contributed by atoms with E-state index in [1.807, 2.05) is 25.2 Å². The molecule has 0 saturated carbocycles. The van der Waals surface area contributed by atoms with Gasteiger partial charge in [-0.2, -0.15) is 0 Å². The molecule has 4 heteroatoms. The van der Waals surface area contributed by atoms with E-state index in [-0.39, 0.29) is 0 Å². The number of rotatable bonds is 3. The van der Waals surface area contributed by atoms with E-state index in [9.17, 15) is 0 Å². The Labute approximate surface area is 118 Å². The Bertz CT molecular complexity index is 725. The molecule has 4 nitrogen and oxygen atoms in total. The minimum Gasteiger partial charge on any atom is -0.353 e. The minimum absolute atomic E-state index is 0.694. The fraction of sp³-hybridized carbons (Fsp3) is 0.188. The standard InChI is InChI=1S/C16H16N4/c1-12-9-13-5-3-4-6-15(13)19-16(12)20(2)11-14-10-17-7-8-18-14/h3-10H,11H2,1-2H3. The number of aromatic nitrogens is 3. The predicted molar refractivity (Wildman–Crippen MR) is 80.6 cm³/mol. The van der Waals surface area contributed by atoms with Crippen LogP contribution in [0.3, 0.4) is 0 Å². The van der Waals surface area contributed by atoms with E-state index in [2.05, 4.69) is 33.9 Å². The minimum atomic E-state index is 0.694. The highest BCUT2D eigenvalue weighted by atomic mass is 15.2. The summed E-state index contributed by atoms with van der Waals surface area (Å²) in [5.41, 5.74) is 3.11. The molecule has 20 heavy (non-hydrogen) atoms. The quantitative estimate of drug-likeness (QED) is 0.729. The van der Waals surface area contributed by atoms with E-state index in [0.29, 0.717) is 6.54 Å². The fourth-order valence-electron chi connectivity index (χ4n) is 2.33. The zero-order valence-corrected chi connectivity index (χ0v) is 11.6. The van der Waals surface area contributed by atoms with E-state index in [4.69, 9.17) is 4.98 Å². The summed E-state index contributed by atoms with van der Waals surface area (Å²) in [6.07, 6.45) is 5.18. The summed E-state index contributed by atoms with van der Waals surface area (Å²) in [5.74, 6) is 0.981. The van der Waals surface area contributed by atoms with Gasteiger partial charge in [0.1, 0.15) is 5.82 Å². The van der Waals surface area contributed by atoms with Crippen molar-refractivity contribution >= 4 is 16.7 Å². The highest BCUT2D eigenvalue weighted by molar-refractivity contribution is 5.81. The van der Waals surface area contributed by atoms with Crippen LogP contribution in [0.4, 0.5) is 5.82 Å². The van der Waals surface area contributed by atoms with E-state index in [1.54, 1.807) is 18.6 Å². The van der Waals surface area contributed by atoms with Crippen molar-refractivity contribution in [3.63, 3.8) is 0 Å². The average Bonchev–Trinajstić information content (AvgIpc) is 2.47. The molecule has 1 aromatic carbocycles. The molecule has 0 bridgehead atoms. The highest BCUT2D eigenvalue weighted by Gasteiger charge is 2.09. The number of aryl methyl sites for hydroxylation is 1. The molecule has 0 N–H and O–H groups in total. The highest BCUT2D eigenvalue weighted by Crippen LogP contribution is 2.22. The van der Waals surface area contributed by atoms with Gasteiger partial charge < -0.3 is 4.90 Å². The van der Waals surface area contributed by atoms with Gasteiger partial charge in [0, 0.05) is 24.8 Å². The molecule has 0 spiro atoms. The number of hydrogen-bond donors (Lipinski definition) is 0. The van der Waals surface area contributed by atoms with Gasteiger partial charge in [-0.15, -0.1) is 0 Å². The molecule has 100 valence electrons. The Kier molecular flexibility index (Phi) is 3.29. The van der Waals surface area contributed by atoms with Crippen molar-refractivity contribution in [2.24, 2.45) is 0 Å². The lowest BCUT2D eigenvalue weighted by atomic mass is 10.1. The molecule has 2 heterocycles. The molecule has 3 aromatic rings. The number of hydrogen-bond acceptors (Lipinski definition) is 4. The summed E-state index contributed by atoms with van der Waals surface area (Å²) >= 11 is 0. The van der Waals surface area contributed by atoms with Crippen LogP contribution in [0.25, 0.3) is 10.9 Å². The first-order valence-electron chi connectivity index (χ1n) is 6.56. The second-order valence-corrected chi connectivity index (χ2v) is 4.87. The second-order valence-electron chi connectivity index (χ2n) is 4.87. The second kappa shape index (κ2) is 5.25. The Morgan fingerprint density at radius 2 is 2.00 bits per heavy atom. The molecule has 0 radical (unpaired) electrons. The number of nitrogens with zero attached hydrogens (tertiary/aromatic N) is 4. The molecular formula is C16H16N4. The van der Waals surface area contributed by atoms with Crippen LogP contribution in [-0.2, 0) is 6.54 Å². The van der Waals surface area contributed by atoms with Crippen LogP contribution in [0, 0.1) is 6.92 Å². The average molecular weight is 264 g/mol. The maximum atomic E-state index is 4.75. The molecule has 0 amide bonds. The SMILES string of the molecule is Cc1cc2ccccc2nc1N(C)Cc1cnccn1. The zero-order chi connectivity index (χ0) is 13.9. The third-order valence-corrected chi connectivity index (χ3v) is 3.27. The molecule has 0 atom stereocenters. The zero-order valence-electron chi connectivity index (χ0n) is 11.6. The fourth-order valence-corrected chi connectivity index (χ4v) is 2.33. The van der Waals surface area contributed by atoms with Crippen LogP contribution in [0.1, 0.15) is 11.3 Å². The van der Waals surface area contributed by atoms with Crippen molar-refractivity contribution in [3.05, 3.63) is 60.2 Å². The molecule has 0 fully saturated rings. The van der Waals surface area contributed by atoms with Gasteiger partial charge in [0.05, 0.1) is 24.0 Å². The van der Waals surface area contributed by atoms with E-state index < -0.39 is 0 Å². The van der Waals surface area contributed by atoms with Crippen LogP contribution < -0.4 is 4.90 Å². The maximum absolute atomic E-state index is 4.75. The molecule has 0 unspecified atom stereocenters. The van der Waals surface area contributed by atoms with Crippen LogP contribution >= 0.6 is 0 Å².